The Bertz CT molecular complexity index is 1640. The Morgan fingerprint density at radius 3 is 2.40 bits per heavy atom. The number of aromatic nitrogens is 2. The van der Waals surface area contributed by atoms with Crippen molar-refractivity contribution in [3.8, 4) is 22.7 Å². The molecule has 0 bridgehead atoms. The van der Waals surface area contributed by atoms with E-state index >= 15 is 0 Å². The van der Waals surface area contributed by atoms with Crippen molar-refractivity contribution < 1.29 is 14.5 Å². The van der Waals surface area contributed by atoms with Gasteiger partial charge in [-0.05, 0) is 57.0 Å². The van der Waals surface area contributed by atoms with Crippen LogP contribution in [0.1, 0.15) is 40.9 Å². The minimum atomic E-state index is -0.688. The molecule has 204 valence electrons. The fourth-order valence-corrected chi connectivity index (χ4v) is 5.65. The minimum Gasteiger partial charge on any atom is -0.482 e. The number of fused-ring (bicyclic) bond motifs is 3. The van der Waals surface area contributed by atoms with Gasteiger partial charge in [0, 0.05) is 55.0 Å². The van der Waals surface area contributed by atoms with Gasteiger partial charge in [-0.2, -0.15) is 5.10 Å². The van der Waals surface area contributed by atoms with Crippen molar-refractivity contribution in [2.75, 3.05) is 31.1 Å². The second kappa shape index (κ2) is 9.51. The highest BCUT2D eigenvalue weighted by atomic mass is 16.6. The fourth-order valence-electron chi connectivity index (χ4n) is 5.65. The lowest BCUT2D eigenvalue weighted by Crippen LogP contribution is -2.49. The summed E-state index contributed by atoms with van der Waals surface area (Å²) in [5.74, 6) is 0.547. The Morgan fingerprint density at radius 2 is 1.70 bits per heavy atom. The zero-order valence-corrected chi connectivity index (χ0v) is 23.0. The first kappa shape index (κ1) is 25.6. The lowest BCUT2D eigenvalue weighted by molar-refractivity contribution is -0.384. The number of aryl methyl sites for hydroxylation is 2. The molecule has 1 saturated heterocycles. The lowest BCUT2D eigenvalue weighted by atomic mass is 9.90. The SMILES string of the molecule is Cc1ccc(C)c(-n2ncc3c2-c2cc([N+](=O)[O-])c(N4CCN(C(=O)c5ccccc5)CC4)cc2OC3(C)C)c1. The van der Waals surface area contributed by atoms with Crippen molar-refractivity contribution in [2.45, 2.75) is 33.3 Å². The van der Waals surface area contributed by atoms with Crippen molar-refractivity contribution in [3.63, 3.8) is 0 Å². The van der Waals surface area contributed by atoms with E-state index in [1.54, 1.807) is 35.4 Å². The zero-order chi connectivity index (χ0) is 28.2. The van der Waals surface area contributed by atoms with E-state index in [1.165, 1.54) is 0 Å². The standard InChI is InChI=1S/C31H31N5O4/c1-20-10-11-21(2)25(16-20)35-29-23-17-27(36(38)39)26(18-28(23)40-31(3,4)24(29)19-32-35)33-12-14-34(15-13-33)30(37)22-8-6-5-7-9-22/h5-11,16-19H,12-15H2,1-4H3. The average molecular weight is 538 g/mol. The van der Waals surface area contributed by atoms with Gasteiger partial charge in [0.15, 0.2) is 0 Å². The first-order chi connectivity index (χ1) is 19.1. The highest BCUT2D eigenvalue weighted by Crippen LogP contribution is 2.50. The smallest absolute Gasteiger partial charge is 0.293 e. The summed E-state index contributed by atoms with van der Waals surface area (Å²) in [7, 11) is 0. The third-order valence-electron chi connectivity index (χ3n) is 7.83. The van der Waals surface area contributed by atoms with Crippen molar-refractivity contribution in [2.24, 2.45) is 0 Å². The lowest BCUT2D eigenvalue weighted by Gasteiger charge is -2.37. The van der Waals surface area contributed by atoms with Gasteiger partial charge in [-0.25, -0.2) is 4.68 Å². The number of nitrogens with zero attached hydrogens (tertiary/aromatic N) is 5. The van der Waals surface area contributed by atoms with E-state index in [0.717, 1.165) is 28.1 Å². The second-order valence-corrected chi connectivity index (χ2v) is 11.0. The number of carbonyl (C=O) groups excluding carboxylic acids is 1. The molecule has 1 aromatic heterocycles. The largest absolute Gasteiger partial charge is 0.482 e. The zero-order valence-electron chi connectivity index (χ0n) is 23.0. The molecule has 2 aliphatic rings. The van der Waals surface area contributed by atoms with Gasteiger partial charge >= 0.3 is 0 Å². The topological polar surface area (TPSA) is 93.7 Å². The van der Waals surface area contributed by atoms with Crippen molar-refractivity contribution in [1.29, 1.82) is 0 Å². The molecule has 0 radical (unpaired) electrons. The number of hydrogen-bond acceptors (Lipinski definition) is 6. The van der Waals surface area contributed by atoms with E-state index in [-0.39, 0.29) is 16.5 Å². The van der Waals surface area contributed by atoms with Crippen LogP contribution in [0.15, 0.2) is 66.9 Å². The molecule has 1 amide bonds. The quantitative estimate of drug-likeness (QED) is 0.247. The van der Waals surface area contributed by atoms with Gasteiger partial charge in [-0.3, -0.25) is 14.9 Å². The van der Waals surface area contributed by atoms with Crippen LogP contribution in [0.4, 0.5) is 11.4 Å². The number of rotatable bonds is 4. The summed E-state index contributed by atoms with van der Waals surface area (Å²) in [6.07, 6.45) is 1.79. The molecule has 40 heavy (non-hydrogen) atoms. The summed E-state index contributed by atoms with van der Waals surface area (Å²) in [5, 5.41) is 17.1. The molecule has 0 N–H and O–H groups in total. The minimum absolute atomic E-state index is 0.00422. The molecular formula is C31H31N5O4. The van der Waals surface area contributed by atoms with Gasteiger partial charge in [0.2, 0.25) is 0 Å². The Kier molecular flexibility index (Phi) is 6.09. The molecular weight excluding hydrogens is 506 g/mol. The number of carbonyl (C=O) groups is 1. The fraction of sp³-hybridized carbons (Fsp3) is 0.290. The van der Waals surface area contributed by atoms with Crippen LogP contribution in [-0.4, -0.2) is 51.7 Å². The molecule has 0 spiro atoms. The Hall–Kier alpha value is -4.66. The number of nitro benzene ring substituents is 1. The summed E-state index contributed by atoms with van der Waals surface area (Å²) in [4.78, 5) is 28.8. The highest BCUT2D eigenvalue weighted by Gasteiger charge is 2.39. The summed E-state index contributed by atoms with van der Waals surface area (Å²) in [6, 6.07) is 18.8. The second-order valence-electron chi connectivity index (χ2n) is 11.0. The van der Waals surface area contributed by atoms with E-state index in [9.17, 15) is 14.9 Å². The maximum absolute atomic E-state index is 12.9. The Morgan fingerprint density at radius 1 is 0.975 bits per heavy atom. The van der Waals surface area contributed by atoms with Crippen molar-refractivity contribution >= 4 is 17.3 Å². The molecule has 0 atom stereocenters. The maximum atomic E-state index is 12.9. The van der Waals surface area contributed by atoms with Crippen molar-refractivity contribution in [1.82, 2.24) is 14.7 Å². The molecule has 0 saturated carbocycles. The molecule has 3 heterocycles. The number of amides is 1. The van der Waals surface area contributed by atoms with E-state index in [0.29, 0.717) is 48.7 Å². The van der Waals surface area contributed by atoms with Crippen molar-refractivity contribution in [3.05, 3.63) is 99.2 Å². The molecule has 1 fully saturated rings. The van der Waals surface area contributed by atoms with E-state index < -0.39 is 5.60 Å². The normalized spacial score (nSPS) is 15.7. The first-order valence-electron chi connectivity index (χ1n) is 13.4. The number of anilines is 1. The predicted molar refractivity (Wildman–Crippen MR) is 153 cm³/mol. The van der Waals surface area contributed by atoms with E-state index in [2.05, 4.69) is 18.2 Å². The van der Waals surface area contributed by atoms with Gasteiger partial charge in [-0.15, -0.1) is 0 Å². The molecule has 9 nitrogen and oxygen atoms in total. The third-order valence-corrected chi connectivity index (χ3v) is 7.83. The van der Waals surface area contributed by atoms with E-state index in [1.807, 2.05) is 55.5 Å². The van der Waals surface area contributed by atoms with Crippen LogP contribution >= 0.6 is 0 Å². The number of hydrogen-bond donors (Lipinski definition) is 0. The number of nitro groups is 1. The molecule has 3 aromatic carbocycles. The molecule has 9 heteroatoms. The van der Waals surface area contributed by atoms with Gasteiger partial charge < -0.3 is 14.5 Å². The maximum Gasteiger partial charge on any atom is 0.293 e. The molecule has 0 unspecified atom stereocenters. The first-order valence-corrected chi connectivity index (χ1v) is 13.4. The highest BCUT2D eigenvalue weighted by molar-refractivity contribution is 5.94. The summed E-state index contributed by atoms with van der Waals surface area (Å²) < 4.78 is 8.34. The third kappa shape index (κ3) is 4.27. The predicted octanol–water partition coefficient (Wildman–Crippen LogP) is 5.65. The van der Waals surface area contributed by atoms with E-state index in [4.69, 9.17) is 9.84 Å². The van der Waals surface area contributed by atoms with Gasteiger partial charge in [0.05, 0.1) is 22.5 Å². The summed E-state index contributed by atoms with van der Waals surface area (Å²) in [5.41, 5.74) is 5.84. The molecule has 0 aliphatic carbocycles. The van der Waals surface area contributed by atoms with Crippen LogP contribution in [0, 0.1) is 24.0 Å². The van der Waals surface area contributed by atoms with Gasteiger partial charge in [0.1, 0.15) is 17.0 Å². The molecule has 2 aliphatic heterocycles. The summed E-state index contributed by atoms with van der Waals surface area (Å²) >= 11 is 0. The van der Waals surface area contributed by atoms with Gasteiger partial charge in [-0.1, -0.05) is 30.3 Å². The number of ether oxygens (including phenoxy) is 1. The van der Waals surface area contributed by atoms with Crippen LogP contribution in [0.5, 0.6) is 5.75 Å². The number of piperazine rings is 1. The van der Waals surface area contributed by atoms with Crippen LogP contribution in [0.3, 0.4) is 0 Å². The Balaban J connectivity index is 1.39. The van der Waals surface area contributed by atoms with Crippen LogP contribution < -0.4 is 9.64 Å². The van der Waals surface area contributed by atoms with Crippen LogP contribution in [0.2, 0.25) is 0 Å². The molecule has 4 aromatic rings. The van der Waals surface area contributed by atoms with Crippen LogP contribution in [0.25, 0.3) is 16.9 Å². The van der Waals surface area contributed by atoms with Gasteiger partial charge in [0.25, 0.3) is 11.6 Å². The number of benzene rings is 3. The van der Waals surface area contributed by atoms with Crippen LogP contribution in [-0.2, 0) is 5.60 Å². The monoisotopic (exact) mass is 537 g/mol. The average Bonchev–Trinajstić information content (AvgIpc) is 3.40. The molecule has 6 rings (SSSR count). The Labute approximate surface area is 232 Å². The summed E-state index contributed by atoms with van der Waals surface area (Å²) in [6.45, 7) is 9.93.